The van der Waals surface area contributed by atoms with Crippen molar-refractivity contribution in [2.45, 2.75) is 5.88 Å². The summed E-state index contributed by atoms with van der Waals surface area (Å²) in [4.78, 5) is 5.34. The first-order valence-corrected chi connectivity index (χ1v) is 5.83. The minimum absolute atomic E-state index is 0.473. The van der Waals surface area contributed by atoms with Crippen molar-refractivity contribution in [1.82, 2.24) is 4.98 Å². The van der Waals surface area contributed by atoms with Gasteiger partial charge < -0.3 is 4.74 Å². The zero-order chi connectivity index (χ0) is 10.7. The number of hydrogen-bond donors (Lipinski definition) is 0. The molecule has 0 saturated heterocycles. The Labute approximate surface area is 97.5 Å². The lowest BCUT2D eigenvalue weighted by molar-refractivity contribution is 0.415. The van der Waals surface area contributed by atoms with Gasteiger partial charge >= 0.3 is 0 Å². The summed E-state index contributed by atoms with van der Waals surface area (Å²) >= 11 is 7.32. The number of benzene rings is 1. The van der Waals surface area contributed by atoms with Gasteiger partial charge in [0.2, 0.25) is 0 Å². The van der Waals surface area contributed by atoms with Gasteiger partial charge in [-0.25, -0.2) is 4.98 Å². The Balaban J connectivity index is 2.28. The molecule has 0 radical (unpaired) electrons. The Hall–Kier alpha value is -1.06. The molecule has 1 aromatic heterocycles. The fraction of sp³-hybridized carbons (Fsp3) is 0.182. The summed E-state index contributed by atoms with van der Waals surface area (Å²) in [7, 11) is 1.66. The second-order valence-electron chi connectivity index (χ2n) is 2.98. The van der Waals surface area contributed by atoms with Gasteiger partial charge in [-0.05, 0) is 29.8 Å². The summed E-state index contributed by atoms with van der Waals surface area (Å²) in [5.74, 6) is 1.33. The van der Waals surface area contributed by atoms with E-state index in [1.54, 1.807) is 18.4 Å². The molecule has 0 saturated carbocycles. The number of rotatable bonds is 3. The molecule has 2 aromatic rings. The van der Waals surface area contributed by atoms with Crippen molar-refractivity contribution in [3.05, 3.63) is 35.5 Å². The molecule has 0 atom stereocenters. The van der Waals surface area contributed by atoms with E-state index < -0.39 is 0 Å². The highest BCUT2D eigenvalue weighted by Gasteiger charge is 2.03. The van der Waals surface area contributed by atoms with Crippen LogP contribution < -0.4 is 4.74 Å². The standard InChI is InChI=1S/C11H10ClNOS/c1-14-9-4-2-8(3-5-9)10-7-13-11(6-12)15-10/h2-5,7H,6H2,1H3. The van der Waals surface area contributed by atoms with Crippen molar-refractivity contribution >= 4 is 22.9 Å². The average molecular weight is 240 g/mol. The first kappa shape index (κ1) is 10.5. The van der Waals surface area contributed by atoms with Gasteiger partial charge in [0.15, 0.2) is 0 Å². The van der Waals surface area contributed by atoms with Crippen molar-refractivity contribution in [3.63, 3.8) is 0 Å². The third-order valence-electron chi connectivity index (χ3n) is 2.04. The Bertz CT molecular complexity index is 438. The molecule has 0 aliphatic carbocycles. The molecule has 0 unspecified atom stereocenters. The van der Waals surface area contributed by atoms with Crippen LogP contribution >= 0.6 is 22.9 Å². The largest absolute Gasteiger partial charge is 0.497 e. The molecular formula is C11H10ClNOS. The zero-order valence-corrected chi connectivity index (χ0v) is 9.81. The maximum atomic E-state index is 5.70. The van der Waals surface area contributed by atoms with Crippen LogP contribution in [0.2, 0.25) is 0 Å². The minimum Gasteiger partial charge on any atom is -0.497 e. The summed E-state index contributed by atoms with van der Waals surface area (Å²) in [6, 6.07) is 7.92. The average Bonchev–Trinajstić information content (AvgIpc) is 2.78. The van der Waals surface area contributed by atoms with E-state index >= 15 is 0 Å². The second-order valence-corrected chi connectivity index (χ2v) is 4.36. The van der Waals surface area contributed by atoms with E-state index in [9.17, 15) is 0 Å². The predicted octanol–water partition coefficient (Wildman–Crippen LogP) is 3.56. The molecule has 78 valence electrons. The van der Waals surface area contributed by atoms with Crippen LogP contribution in [0.3, 0.4) is 0 Å². The number of ether oxygens (including phenoxy) is 1. The number of hydrogen-bond acceptors (Lipinski definition) is 3. The SMILES string of the molecule is COc1ccc(-c2cnc(CCl)s2)cc1. The lowest BCUT2D eigenvalue weighted by atomic mass is 10.2. The van der Waals surface area contributed by atoms with Crippen LogP contribution in [-0.2, 0) is 5.88 Å². The highest BCUT2D eigenvalue weighted by atomic mass is 35.5. The highest BCUT2D eigenvalue weighted by molar-refractivity contribution is 7.15. The molecule has 2 rings (SSSR count). The molecule has 2 nitrogen and oxygen atoms in total. The molecule has 4 heteroatoms. The maximum Gasteiger partial charge on any atom is 0.118 e. The number of aromatic nitrogens is 1. The van der Waals surface area contributed by atoms with Crippen LogP contribution in [0.1, 0.15) is 5.01 Å². The zero-order valence-electron chi connectivity index (χ0n) is 8.24. The Morgan fingerprint density at radius 2 is 2.07 bits per heavy atom. The van der Waals surface area contributed by atoms with Gasteiger partial charge in [-0.15, -0.1) is 22.9 Å². The molecule has 1 aromatic carbocycles. The van der Waals surface area contributed by atoms with E-state index in [-0.39, 0.29) is 0 Å². The van der Waals surface area contributed by atoms with Crippen LogP contribution in [0.25, 0.3) is 10.4 Å². The summed E-state index contributed by atoms with van der Waals surface area (Å²) in [6.45, 7) is 0. The first-order chi connectivity index (χ1) is 7.33. The van der Waals surface area contributed by atoms with Crippen LogP contribution in [0, 0.1) is 0 Å². The Kier molecular flexibility index (Phi) is 3.23. The van der Waals surface area contributed by atoms with Crippen LogP contribution in [0.5, 0.6) is 5.75 Å². The summed E-state index contributed by atoms with van der Waals surface area (Å²) < 4.78 is 5.10. The van der Waals surface area contributed by atoms with E-state index in [1.807, 2.05) is 30.5 Å². The quantitative estimate of drug-likeness (QED) is 0.765. The van der Waals surface area contributed by atoms with Crippen molar-refractivity contribution < 1.29 is 4.74 Å². The molecule has 0 aliphatic heterocycles. The lowest BCUT2D eigenvalue weighted by Gasteiger charge is -2.00. The van der Waals surface area contributed by atoms with E-state index in [0.29, 0.717) is 5.88 Å². The normalized spacial score (nSPS) is 10.3. The molecule has 1 heterocycles. The molecule has 0 spiro atoms. The number of halogens is 1. The lowest BCUT2D eigenvalue weighted by Crippen LogP contribution is -1.81. The number of thiazole rings is 1. The third kappa shape index (κ3) is 2.30. The van der Waals surface area contributed by atoms with E-state index in [2.05, 4.69) is 4.98 Å². The highest BCUT2D eigenvalue weighted by Crippen LogP contribution is 2.28. The monoisotopic (exact) mass is 239 g/mol. The maximum absolute atomic E-state index is 5.70. The van der Waals surface area contributed by atoms with Gasteiger partial charge in [-0.1, -0.05) is 0 Å². The second kappa shape index (κ2) is 4.64. The molecule has 0 bridgehead atoms. The van der Waals surface area contributed by atoms with Crippen molar-refractivity contribution in [1.29, 1.82) is 0 Å². The van der Waals surface area contributed by atoms with Gasteiger partial charge in [-0.2, -0.15) is 0 Å². The molecule has 0 N–H and O–H groups in total. The van der Waals surface area contributed by atoms with Gasteiger partial charge in [0.25, 0.3) is 0 Å². The van der Waals surface area contributed by atoms with E-state index in [0.717, 1.165) is 21.2 Å². The Morgan fingerprint density at radius 3 is 2.60 bits per heavy atom. The molecule has 0 amide bonds. The number of alkyl halides is 1. The fourth-order valence-corrected chi connectivity index (χ4v) is 2.27. The predicted molar refractivity (Wildman–Crippen MR) is 63.7 cm³/mol. The van der Waals surface area contributed by atoms with E-state index in [1.165, 1.54) is 0 Å². The fourth-order valence-electron chi connectivity index (χ4n) is 1.26. The van der Waals surface area contributed by atoms with Crippen molar-refractivity contribution in [2.75, 3.05) is 7.11 Å². The molecular weight excluding hydrogens is 230 g/mol. The summed E-state index contributed by atoms with van der Waals surface area (Å²) in [5.41, 5.74) is 1.14. The molecule has 15 heavy (non-hydrogen) atoms. The summed E-state index contributed by atoms with van der Waals surface area (Å²) in [5, 5.41) is 0.947. The van der Waals surface area contributed by atoms with Crippen molar-refractivity contribution in [3.8, 4) is 16.2 Å². The smallest absolute Gasteiger partial charge is 0.118 e. The van der Waals surface area contributed by atoms with Gasteiger partial charge in [0, 0.05) is 6.20 Å². The number of nitrogens with zero attached hydrogens (tertiary/aromatic N) is 1. The Morgan fingerprint density at radius 1 is 1.33 bits per heavy atom. The first-order valence-electron chi connectivity index (χ1n) is 4.48. The van der Waals surface area contributed by atoms with Crippen molar-refractivity contribution in [2.24, 2.45) is 0 Å². The topological polar surface area (TPSA) is 22.1 Å². The number of methoxy groups -OCH3 is 1. The summed E-state index contributed by atoms with van der Waals surface area (Å²) in [6.07, 6.45) is 1.85. The molecule has 0 fully saturated rings. The van der Waals surface area contributed by atoms with Crippen LogP contribution in [0.15, 0.2) is 30.5 Å². The minimum atomic E-state index is 0.473. The molecule has 0 aliphatic rings. The van der Waals surface area contributed by atoms with Gasteiger partial charge in [-0.3, -0.25) is 0 Å². The van der Waals surface area contributed by atoms with Crippen LogP contribution in [0.4, 0.5) is 0 Å². The van der Waals surface area contributed by atoms with Crippen LogP contribution in [-0.4, -0.2) is 12.1 Å². The van der Waals surface area contributed by atoms with Gasteiger partial charge in [0.1, 0.15) is 10.8 Å². The van der Waals surface area contributed by atoms with E-state index in [4.69, 9.17) is 16.3 Å². The van der Waals surface area contributed by atoms with Gasteiger partial charge in [0.05, 0.1) is 17.9 Å². The third-order valence-corrected chi connectivity index (χ3v) is 3.50.